The molecule has 0 aliphatic rings. The smallest absolute Gasteiger partial charge is 0.228 e. The minimum atomic E-state index is -0.0758. The number of anilines is 1. The average Bonchev–Trinajstić information content (AvgIpc) is 2.61. The van der Waals surface area contributed by atoms with E-state index in [1.807, 2.05) is 36.4 Å². The van der Waals surface area contributed by atoms with Crippen molar-refractivity contribution in [1.82, 2.24) is 5.32 Å². The molecule has 2 rings (SSSR count). The fourth-order valence-electron chi connectivity index (χ4n) is 2.41. The van der Waals surface area contributed by atoms with E-state index in [4.69, 9.17) is 11.6 Å². The fourth-order valence-corrected chi connectivity index (χ4v) is 2.54. The minimum absolute atomic E-state index is 0.0686. The van der Waals surface area contributed by atoms with Crippen molar-refractivity contribution in [2.45, 2.75) is 33.1 Å². The highest BCUT2D eigenvalue weighted by molar-refractivity contribution is 6.30. The van der Waals surface area contributed by atoms with Gasteiger partial charge in [0.1, 0.15) is 0 Å². The molecule has 2 N–H and O–H groups in total. The lowest BCUT2D eigenvalue weighted by molar-refractivity contribution is -0.121. The van der Waals surface area contributed by atoms with Gasteiger partial charge in [-0.3, -0.25) is 9.59 Å². The molecule has 0 unspecified atom stereocenters. The van der Waals surface area contributed by atoms with Gasteiger partial charge in [0.2, 0.25) is 11.8 Å². The summed E-state index contributed by atoms with van der Waals surface area (Å²) in [6.45, 7) is 4.85. The minimum Gasteiger partial charge on any atom is -0.356 e. The number of carbonyl (C=O) groups excluding carboxylic acids is 2. The first-order chi connectivity index (χ1) is 12.4. The van der Waals surface area contributed by atoms with Crippen LogP contribution in [-0.2, 0) is 22.4 Å². The highest BCUT2D eigenvalue weighted by atomic mass is 35.5. The highest BCUT2D eigenvalue weighted by Crippen LogP contribution is 2.13. The van der Waals surface area contributed by atoms with E-state index in [0.717, 1.165) is 16.8 Å². The van der Waals surface area contributed by atoms with Gasteiger partial charge in [-0.1, -0.05) is 49.7 Å². The molecule has 2 aromatic carbocycles. The maximum atomic E-state index is 12.1. The first kappa shape index (κ1) is 20.0. The van der Waals surface area contributed by atoms with Gasteiger partial charge in [0, 0.05) is 23.7 Å². The molecular formula is C21H25ClN2O2. The van der Waals surface area contributed by atoms with Crippen LogP contribution < -0.4 is 10.6 Å². The Morgan fingerprint density at radius 1 is 0.923 bits per heavy atom. The summed E-state index contributed by atoms with van der Waals surface area (Å²) in [7, 11) is 0. The molecule has 0 radical (unpaired) electrons. The summed E-state index contributed by atoms with van der Waals surface area (Å²) in [5, 5.41) is 6.45. The Morgan fingerprint density at radius 2 is 1.54 bits per heavy atom. The first-order valence-electron chi connectivity index (χ1n) is 8.82. The van der Waals surface area contributed by atoms with E-state index in [9.17, 15) is 9.59 Å². The predicted octanol–water partition coefficient (Wildman–Crippen LogP) is 4.23. The molecule has 0 aliphatic carbocycles. The van der Waals surface area contributed by atoms with Crippen molar-refractivity contribution in [3.8, 4) is 0 Å². The number of hydrogen-bond donors (Lipinski definition) is 2. The van der Waals surface area contributed by atoms with Crippen molar-refractivity contribution < 1.29 is 9.59 Å². The molecule has 0 heterocycles. The van der Waals surface area contributed by atoms with Crippen molar-refractivity contribution in [2.75, 3.05) is 11.9 Å². The zero-order chi connectivity index (χ0) is 18.9. The molecule has 4 nitrogen and oxygen atoms in total. The van der Waals surface area contributed by atoms with E-state index in [1.54, 1.807) is 12.1 Å². The van der Waals surface area contributed by atoms with E-state index >= 15 is 0 Å². The summed E-state index contributed by atoms with van der Waals surface area (Å²) in [5.74, 6) is 0.446. The second-order valence-electron chi connectivity index (χ2n) is 6.75. The molecule has 0 saturated carbocycles. The Morgan fingerprint density at radius 3 is 2.15 bits per heavy atom. The topological polar surface area (TPSA) is 58.2 Å². The molecule has 138 valence electrons. The van der Waals surface area contributed by atoms with Crippen molar-refractivity contribution >= 4 is 29.1 Å². The third-order valence-corrected chi connectivity index (χ3v) is 4.12. The van der Waals surface area contributed by atoms with Gasteiger partial charge >= 0.3 is 0 Å². The van der Waals surface area contributed by atoms with E-state index < -0.39 is 0 Å². The van der Waals surface area contributed by atoms with Crippen molar-refractivity contribution in [3.63, 3.8) is 0 Å². The van der Waals surface area contributed by atoms with Crippen molar-refractivity contribution in [3.05, 3.63) is 64.7 Å². The Hall–Kier alpha value is -2.33. The Balaban J connectivity index is 1.78. The number of carbonyl (C=O) groups is 2. The largest absolute Gasteiger partial charge is 0.356 e. The van der Waals surface area contributed by atoms with Crippen LogP contribution in [0.15, 0.2) is 48.5 Å². The molecule has 0 spiro atoms. The number of halogens is 1. The Bertz CT molecular complexity index is 725. The van der Waals surface area contributed by atoms with Crippen molar-refractivity contribution in [2.24, 2.45) is 5.92 Å². The zero-order valence-electron chi connectivity index (χ0n) is 15.2. The molecule has 2 amide bonds. The monoisotopic (exact) mass is 372 g/mol. The SMILES string of the molecule is CC(C)CNC(=O)CCc1ccc(NC(=O)Cc2ccc(Cl)cc2)cc1. The van der Waals surface area contributed by atoms with Gasteiger partial charge in [0.25, 0.3) is 0 Å². The predicted molar refractivity (Wildman–Crippen MR) is 106 cm³/mol. The van der Waals surface area contributed by atoms with E-state index in [-0.39, 0.29) is 11.8 Å². The van der Waals surface area contributed by atoms with E-state index in [1.165, 1.54) is 0 Å². The van der Waals surface area contributed by atoms with Crippen LogP contribution in [0.2, 0.25) is 5.02 Å². The van der Waals surface area contributed by atoms with Gasteiger partial charge in [-0.05, 0) is 47.7 Å². The quantitative estimate of drug-likeness (QED) is 0.728. The average molecular weight is 373 g/mol. The van der Waals surface area contributed by atoms with Gasteiger partial charge in [-0.15, -0.1) is 0 Å². The third-order valence-electron chi connectivity index (χ3n) is 3.86. The lowest BCUT2D eigenvalue weighted by Gasteiger charge is -2.09. The maximum absolute atomic E-state index is 12.1. The number of nitrogens with one attached hydrogen (secondary N) is 2. The molecule has 0 fully saturated rings. The number of benzene rings is 2. The van der Waals surface area contributed by atoms with Crippen LogP contribution in [-0.4, -0.2) is 18.4 Å². The van der Waals surface area contributed by atoms with Gasteiger partial charge in [-0.25, -0.2) is 0 Å². The van der Waals surface area contributed by atoms with Gasteiger partial charge < -0.3 is 10.6 Å². The van der Waals surface area contributed by atoms with E-state index in [0.29, 0.717) is 36.7 Å². The van der Waals surface area contributed by atoms with Crippen LogP contribution in [0.25, 0.3) is 0 Å². The van der Waals surface area contributed by atoms with Crippen LogP contribution in [0.1, 0.15) is 31.4 Å². The maximum Gasteiger partial charge on any atom is 0.228 e. The molecular weight excluding hydrogens is 348 g/mol. The van der Waals surface area contributed by atoms with Gasteiger partial charge in [0.15, 0.2) is 0 Å². The van der Waals surface area contributed by atoms with Crippen LogP contribution in [0.5, 0.6) is 0 Å². The second kappa shape index (κ2) is 9.97. The standard InChI is InChI=1S/C21H25ClN2O2/c1-15(2)14-23-20(25)12-7-16-5-10-19(11-6-16)24-21(26)13-17-3-8-18(22)9-4-17/h3-6,8-11,15H,7,12-14H2,1-2H3,(H,23,25)(H,24,26). The lowest BCUT2D eigenvalue weighted by Crippen LogP contribution is -2.27. The third kappa shape index (κ3) is 7.28. The highest BCUT2D eigenvalue weighted by Gasteiger charge is 2.06. The molecule has 26 heavy (non-hydrogen) atoms. The Labute approximate surface area is 159 Å². The van der Waals surface area contributed by atoms with E-state index in [2.05, 4.69) is 24.5 Å². The number of hydrogen-bond acceptors (Lipinski definition) is 2. The summed E-state index contributed by atoms with van der Waals surface area (Å²) in [5.41, 5.74) is 2.73. The van der Waals surface area contributed by atoms with Gasteiger partial charge in [0.05, 0.1) is 6.42 Å². The molecule has 0 aromatic heterocycles. The molecule has 0 atom stereocenters. The van der Waals surface area contributed by atoms with Crippen molar-refractivity contribution in [1.29, 1.82) is 0 Å². The number of amides is 2. The summed E-state index contributed by atoms with van der Waals surface area (Å²) in [6.07, 6.45) is 1.45. The summed E-state index contributed by atoms with van der Waals surface area (Å²) < 4.78 is 0. The van der Waals surface area contributed by atoms with Crippen LogP contribution in [0, 0.1) is 5.92 Å². The molecule has 0 aliphatic heterocycles. The molecule has 2 aromatic rings. The number of aryl methyl sites for hydroxylation is 1. The molecule has 0 saturated heterocycles. The van der Waals surface area contributed by atoms with Gasteiger partial charge in [-0.2, -0.15) is 0 Å². The second-order valence-corrected chi connectivity index (χ2v) is 7.18. The summed E-state index contributed by atoms with van der Waals surface area (Å²) in [4.78, 5) is 23.8. The van der Waals surface area contributed by atoms with Crippen LogP contribution in [0.4, 0.5) is 5.69 Å². The number of rotatable bonds is 8. The first-order valence-corrected chi connectivity index (χ1v) is 9.20. The van der Waals surface area contributed by atoms with Crippen LogP contribution in [0.3, 0.4) is 0 Å². The summed E-state index contributed by atoms with van der Waals surface area (Å²) >= 11 is 5.84. The Kier molecular flexibility index (Phi) is 7.67. The summed E-state index contributed by atoms with van der Waals surface area (Å²) in [6, 6.07) is 14.8. The molecule has 0 bridgehead atoms. The lowest BCUT2D eigenvalue weighted by atomic mass is 10.1. The zero-order valence-corrected chi connectivity index (χ0v) is 16.0. The fraction of sp³-hybridized carbons (Fsp3) is 0.333. The molecule has 5 heteroatoms. The normalized spacial score (nSPS) is 10.6. The van der Waals surface area contributed by atoms with Crippen LogP contribution >= 0.6 is 11.6 Å².